The second-order valence-electron chi connectivity index (χ2n) is 4.13. The Morgan fingerprint density at radius 3 is 2.45 bits per heavy atom. The molecule has 0 radical (unpaired) electrons. The van der Waals surface area contributed by atoms with Gasteiger partial charge in [-0.25, -0.2) is 8.42 Å². The van der Waals surface area contributed by atoms with Gasteiger partial charge in [0.2, 0.25) is 5.91 Å². The summed E-state index contributed by atoms with van der Waals surface area (Å²) >= 11 is 1.54. The molecule has 20 heavy (non-hydrogen) atoms. The summed E-state index contributed by atoms with van der Waals surface area (Å²) < 4.78 is 22.6. The first-order chi connectivity index (χ1) is 9.45. The molecule has 0 fully saturated rings. The van der Waals surface area contributed by atoms with Crippen molar-refractivity contribution in [3.05, 3.63) is 52.7 Å². The van der Waals surface area contributed by atoms with Gasteiger partial charge in [0.05, 0.1) is 4.90 Å². The Morgan fingerprint density at radius 1 is 1.20 bits per heavy atom. The van der Waals surface area contributed by atoms with Crippen LogP contribution < -0.4 is 5.32 Å². The van der Waals surface area contributed by atoms with Crippen LogP contribution in [0.1, 0.15) is 4.88 Å². The van der Waals surface area contributed by atoms with E-state index in [1.165, 1.54) is 18.2 Å². The molecule has 2 aromatic rings. The maximum absolute atomic E-state index is 11.7. The molecule has 2 rings (SSSR count). The minimum Gasteiger partial charge on any atom is -0.323 e. The molecular weight excluding hydrogens is 294 g/mol. The molecule has 0 atom stereocenters. The van der Waals surface area contributed by atoms with Crippen LogP contribution in [-0.4, -0.2) is 20.6 Å². The van der Waals surface area contributed by atoms with Gasteiger partial charge < -0.3 is 5.32 Å². The average Bonchev–Trinajstić information content (AvgIpc) is 2.89. The predicted octanol–water partition coefficient (Wildman–Crippen LogP) is 2.80. The predicted molar refractivity (Wildman–Crippen MR) is 81.5 cm³/mol. The molecule has 104 valence electrons. The molecule has 0 saturated carbocycles. The number of hydrogen-bond acceptors (Lipinski definition) is 4. The fourth-order valence-electron chi connectivity index (χ4n) is 1.51. The number of hydrogen-bond donors (Lipinski definition) is 1. The van der Waals surface area contributed by atoms with E-state index in [1.54, 1.807) is 29.5 Å². The Labute approximate surface area is 121 Å². The first kappa shape index (κ1) is 14.5. The van der Waals surface area contributed by atoms with Gasteiger partial charge in [-0.15, -0.1) is 11.3 Å². The van der Waals surface area contributed by atoms with Gasteiger partial charge in [0.1, 0.15) is 0 Å². The Kier molecular flexibility index (Phi) is 4.36. The highest BCUT2D eigenvalue weighted by Gasteiger charge is 2.06. The molecule has 1 aromatic carbocycles. The molecule has 0 spiro atoms. The number of anilines is 1. The summed E-state index contributed by atoms with van der Waals surface area (Å²) in [4.78, 5) is 12.9. The maximum atomic E-state index is 11.7. The molecule has 1 heterocycles. The molecule has 6 heteroatoms. The monoisotopic (exact) mass is 307 g/mol. The van der Waals surface area contributed by atoms with E-state index in [4.69, 9.17) is 0 Å². The van der Waals surface area contributed by atoms with Crippen molar-refractivity contribution in [3.63, 3.8) is 0 Å². The average molecular weight is 307 g/mol. The van der Waals surface area contributed by atoms with Gasteiger partial charge in [-0.2, -0.15) is 0 Å². The van der Waals surface area contributed by atoms with Gasteiger partial charge in [0.25, 0.3) is 0 Å². The fraction of sp³-hybridized carbons (Fsp3) is 0.0714. The maximum Gasteiger partial charge on any atom is 0.248 e. The molecule has 0 aliphatic rings. The first-order valence-electron chi connectivity index (χ1n) is 5.78. The Morgan fingerprint density at radius 2 is 1.90 bits per heavy atom. The van der Waals surface area contributed by atoms with Crippen LogP contribution in [0.4, 0.5) is 5.69 Å². The molecule has 1 N–H and O–H groups in total. The zero-order valence-electron chi connectivity index (χ0n) is 10.7. The highest BCUT2D eigenvalue weighted by atomic mass is 32.2. The normalized spacial score (nSPS) is 11.7. The number of sulfone groups is 1. The summed E-state index contributed by atoms with van der Waals surface area (Å²) in [5, 5.41) is 4.60. The van der Waals surface area contributed by atoms with Gasteiger partial charge in [0.15, 0.2) is 9.84 Å². The lowest BCUT2D eigenvalue weighted by molar-refractivity contribution is -0.111. The lowest BCUT2D eigenvalue weighted by Gasteiger charge is -2.03. The SMILES string of the molecule is CS(=O)(=O)c1ccc(NC(=O)/C=C/c2cccs2)cc1. The summed E-state index contributed by atoms with van der Waals surface area (Å²) in [5.74, 6) is -0.259. The Hall–Kier alpha value is -1.92. The van der Waals surface area contributed by atoms with Crippen LogP contribution in [0.2, 0.25) is 0 Å². The van der Waals surface area contributed by atoms with Gasteiger partial charge >= 0.3 is 0 Å². The minimum atomic E-state index is -3.21. The van der Waals surface area contributed by atoms with Crippen LogP contribution in [0.25, 0.3) is 6.08 Å². The van der Waals surface area contributed by atoms with Crippen molar-refractivity contribution in [2.75, 3.05) is 11.6 Å². The van der Waals surface area contributed by atoms with Gasteiger partial charge in [-0.3, -0.25) is 4.79 Å². The molecule has 1 aromatic heterocycles. The number of benzene rings is 1. The highest BCUT2D eigenvalue weighted by Crippen LogP contribution is 2.14. The van der Waals surface area contributed by atoms with Crippen LogP contribution in [0, 0.1) is 0 Å². The van der Waals surface area contributed by atoms with Gasteiger partial charge in [-0.05, 0) is 41.8 Å². The van der Waals surface area contributed by atoms with Crippen molar-refractivity contribution in [3.8, 4) is 0 Å². The third-order valence-electron chi connectivity index (χ3n) is 2.49. The number of carbonyl (C=O) groups excluding carboxylic acids is 1. The van der Waals surface area contributed by atoms with Crippen molar-refractivity contribution >= 4 is 38.8 Å². The van der Waals surface area contributed by atoms with Crippen LogP contribution in [-0.2, 0) is 14.6 Å². The quantitative estimate of drug-likeness (QED) is 0.883. The van der Waals surface area contributed by atoms with E-state index in [0.717, 1.165) is 11.1 Å². The summed E-state index contributed by atoms with van der Waals surface area (Å²) in [7, 11) is -3.21. The standard InChI is InChI=1S/C14H13NO3S2/c1-20(17,18)13-7-4-11(5-8-13)15-14(16)9-6-12-3-2-10-19-12/h2-10H,1H3,(H,15,16)/b9-6+. The number of carbonyl (C=O) groups is 1. The van der Waals surface area contributed by atoms with Gasteiger partial charge in [0, 0.05) is 22.9 Å². The van der Waals surface area contributed by atoms with Crippen LogP contribution in [0.15, 0.2) is 52.7 Å². The second-order valence-corrected chi connectivity index (χ2v) is 7.13. The molecular formula is C14H13NO3S2. The van der Waals surface area contributed by atoms with Crippen molar-refractivity contribution in [1.29, 1.82) is 0 Å². The smallest absolute Gasteiger partial charge is 0.248 e. The number of rotatable bonds is 4. The topological polar surface area (TPSA) is 63.2 Å². The van der Waals surface area contributed by atoms with Gasteiger partial charge in [-0.1, -0.05) is 6.07 Å². The molecule has 0 saturated heterocycles. The Balaban J connectivity index is 2.01. The van der Waals surface area contributed by atoms with Crippen molar-refractivity contribution in [2.24, 2.45) is 0 Å². The molecule has 4 nitrogen and oxygen atoms in total. The molecule has 0 unspecified atom stereocenters. The number of thiophene rings is 1. The van der Waals surface area contributed by atoms with Crippen molar-refractivity contribution in [1.82, 2.24) is 0 Å². The van der Waals surface area contributed by atoms with Crippen LogP contribution in [0.5, 0.6) is 0 Å². The van der Waals surface area contributed by atoms with E-state index >= 15 is 0 Å². The lowest BCUT2D eigenvalue weighted by atomic mass is 10.3. The minimum absolute atomic E-state index is 0.227. The second kappa shape index (κ2) is 6.02. The third-order valence-corrected chi connectivity index (χ3v) is 4.46. The lowest BCUT2D eigenvalue weighted by Crippen LogP contribution is -2.07. The molecule has 0 aliphatic heterocycles. The first-order valence-corrected chi connectivity index (χ1v) is 8.55. The van der Waals surface area contributed by atoms with Crippen LogP contribution in [0.3, 0.4) is 0 Å². The summed E-state index contributed by atoms with van der Waals surface area (Å²) in [6.45, 7) is 0. The zero-order valence-corrected chi connectivity index (χ0v) is 12.4. The van der Waals surface area contributed by atoms with E-state index in [0.29, 0.717) is 5.69 Å². The van der Waals surface area contributed by atoms with Crippen molar-refractivity contribution < 1.29 is 13.2 Å². The van der Waals surface area contributed by atoms with Crippen LogP contribution >= 0.6 is 11.3 Å². The molecule has 0 bridgehead atoms. The van der Waals surface area contributed by atoms with E-state index in [-0.39, 0.29) is 10.8 Å². The number of amides is 1. The van der Waals surface area contributed by atoms with Crippen molar-refractivity contribution in [2.45, 2.75) is 4.90 Å². The fourth-order valence-corrected chi connectivity index (χ4v) is 2.76. The summed E-state index contributed by atoms with van der Waals surface area (Å²) in [5.41, 5.74) is 0.554. The largest absolute Gasteiger partial charge is 0.323 e. The van der Waals surface area contributed by atoms with E-state index < -0.39 is 9.84 Å². The van der Waals surface area contributed by atoms with E-state index in [9.17, 15) is 13.2 Å². The molecule has 1 amide bonds. The van der Waals surface area contributed by atoms with E-state index in [2.05, 4.69) is 5.32 Å². The summed E-state index contributed by atoms with van der Waals surface area (Å²) in [6, 6.07) is 9.88. The third kappa shape index (κ3) is 4.04. The number of nitrogens with one attached hydrogen (secondary N) is 1. The zero-order chi connectivity index (χ0) is 14.6. The highest BCUT2D eigenvalue weighted by molar-refractivity contribution is 7.90. The summed E-state index contributed by atoms with van der Waals surface area (Å²) in [6.07, 6.45) is 4.31. The Bertz CT molecular complexity index is 714. The van der Waals surface area contributed by atoms with E-state index in [1.807, 2.05) is 17.5 Å². The molecule has 0 aliphatic carbocycles.